The highest BCUT2D eigenvalue weighted by Crippen LogP contribution is 2.06. The standard InChI is InChI=1S/C10H11IN4O3/c11-5-1-2-7(15-12)10(18)13-6-3-4-8(16)14-9(6)17/h1-2,5-6,12H,3-4H2,(H,13,18)(H,14,16,17)/b5-1-,7-2-,15-12?. The number of imide groups is 1. The number of allylic oxidation sites excluding steroid dienone is 2. The Bertz CT molecular complexity index is 444. The van der Waals surface area contributed by atoms with Crippen molar-refractivity contribution in [3.05, 3.63) is 21.9 Å². The number of carbonyl (C=O) groups is 3. The van der Waals surface area contributed by atoms with E-state index < -0.39 is 17.9 Å². The van der Waals surface area contributed by atoms with E-state index in [0.29, 0.717) is 0 Å². The molecule has 0 aliphatic carbocycles. The molecule has 1 aliphatic rings. The molecule has 1 saturated heterocycles. The van der Waals surface area contributed by atoms with Gasteiger partial charge >= 0.3 is 0 Å². The molecule has 0 bridgehead atoms. The van der Waals surface area contributed by atoms with E-state index in [0.717, 1.165) is 0 Å². The Morgan fingerprint density at radius 2 is 2.28 bits per heavy atom. The lowest BCUT2D eigenvalue weighted by Gasteiger charge is -2.21. The fraction of sp³-hybridized carbons (Fsp3) is 0.300. The third-order valence-electron chi connectivity index (χ3n) is 2.22. The van der Waals surface area contributed by atoms with Crippen LogP contribution in [0.2, 0.25) is 0 Å². The molecule has 0 spiro atoms. The van der Waals surface area contributed by atoms with Gasteiger partial charge in [-0.1, -0.05) is 28.7 Å². The Hall–Kier alpha value is -1.58. The second-order valence-electron chi connectivity index (χ2n) is 3.46. The summed E-state index contributed by atoms with van der Waals surface area (Å²) in [6, 6.07) is -0.760. The van der Waals surface area contributed by atoms with E-state index in [1.165, 1.54) is 6.08 Å². The van der Waals surface area contributed by atoms with Crippen molar-refractivity contribution in [3.8, 4) is 0 Å². The highest BCUT2D eigenvalue weighted by molar-refractivity contribution is 14.1. The number of rotatable bonds is 4. The summed E-state index contributed by atoms with van der Waals surface area (Å²) in [4.78, 5) is 34.0. The Kier molecular flexibility index (Phi) is 5.62. The lowest BCUT2D eigenvalue weighted by atomic mass is 10.1. The highest BCUT2D eigenvalue weighted by Gasteiger charge is 2.28. The van der Waals surface area contributed by atoms with E-state index in [9.17, 15) is 14.4 Å². The zero-order chi connectivity index (χ0) is 13.5. The van der Waals surface area contributed by atoms with Crippen molar-refractivity contribution in [1.29, 1.82) is 5.53 Å². The second kappa shape index (κ2) is 6.99. The Labute approximate surface area is 117 Å². The van der Waals surface area contributed by atoms with Gasteiger partial charge < -0.3 is 5.32 Å². The van der Waals surface area contributed by atoms with Crippen LogP contribution in [0.15, 0.2) is 27.0 Å². The molecule has 1 atom stereocenters. The van der Waals surface area contributed by atoms with Crippen LogP contribution in [0.4, 0.5) is 0 Å². The molecule has 0 aromatic rings. The molecule has 0 radical (unpaired) electrons. The molecule has 3 N–H and O–H groups in total. The predicted molar refractivity (Wildman–Crippen MR) is 70.7 cm³/mol. The molecular weight excluding hydrogens is 351 g/mol. The first-order valence-electron chi connectivity index (χ1n) is 5.07. The van der Waals surface area contributed by atoms with Gasteiger partial charge in [-0.05, 0) is 16.6 Å². The number of nitrogens with one attached hydrogen (secondary N) is 3. The molecule has 0 saturated carbocycles. The van der Waals surface area contributed by atoms with Crippen LogP contribution in [0, 0.1) is 5.53 Å². The fourth-order valence-corrected chi connectivity index (χ4v) is 1.56. The van der Waals surface area contributed by atoms with Crippen LogP contribution in [0.5, 0.6) is 0 Å². The van der Waals surface area contributed by atoms with Gasteiger partial charge in [0, 0.05) is 6.42 Å². The molecule has 3 amide bonds. The largest absolute Gasteiger partial charge is 0.339 e. The normalized spacial score (nSPS) is 20.7. The molecule has 0 aromatic heterocycles. The van der Waals surface area contributed by atoms with Crippen molar-refractivity contribution in [1.82, 2.24) is 10.6 Å². The minimum absolute atomic E-state index is 0.104. The van der Waals surface area contributed by atoms with E-state index >= 15 is 0 Å². The molecule has 18 heavy (non-hydrogen) atoms. The first kappa shape index (κ1) is 14.5. The van der Waals surface area contributed by atoms with Gasteiger partial charge in [0.05, 0.1) is 0 Å². The summed E-state index contributed by atoms with van der Waals surface area (Å²) in [5, 5.41) is 7.63. The number of halogens is 1. The molecule has 1 unspecified atom stereocenters. The van der Waals surface area contributed by atoms with Gasteiger partial charge in [-0.25, -0.2) is 5.53 Å². The lowest BCUT2D eigenvalue weighted by molar-refractivity contribution is -0.136. The van der Waals surface area contributed by atoms with Crippen molar-refractivity contribution in [3.63, 3.8) is 0 Å². The minimum atomic E-state index is -0.760. The van der Waals surface area contributed by atoms with Crippen molar-refractivity contribution in [2.45, 2.75) is 18.9 Å². The summed E-state index contributed by atoms with van der Waals surface area (Å²) in [7, 11) is 0. The SMILES string of the molecule is N=N/C(=C\C=C/I)C(=O)NC1CCC(=O)NC1=O. The van der Waals surface area contributed by atoms with E-state index in [1.54, 1.807) is 10.2 Å². The molecule has 0 aromatic carbocycles. The third kappa shape index (κ3) is 4.02. The van der Waals surface area contributed by atoms with Gasteiger partial charge in [0.1, 0.15) is 11.7 Å². The average molecular weight is 362 g/mol. The molecule has 1 aliphatic heterocycles. The smallest absolute Gasteiger partial charge is 0.272 e. The fourth-order valence-electron chi connectivity index (χ4n) is 1.35. The van der Waals surface area contributed by atoms with Crippen molar-refractivity contribution in [2.24, 2.45) is 5.11 Å². The Morgan fingerprint density at radius 1 is 1.56 bits per heavy atom. The summed E-state index contributed by atoms with van der Waals surface area (Å²) in [5.41, 5.74) is 6.77. The van der Waals surface area contributed by atoms with Gasteiger partial charge in [-0.3, -0.25) is 19.7 Å². The monoisotopic (exact) mass is 362 g/mol. The van der Waals surface area contributed by atoms with Crippen LogP contribution < -0.4 is 10.6 Å². The van der Waals surface area contributed by atoms with Crippen LogP contribution >= 0.6 is 22.6 Å². The van der Waals surface area contributed by atoms with Gasteiger partial charge in [0.15, 0.2) is 0 Å². The minimum Gasteiger partial charge on any atom is -0.339 e. The van der Waals surface area contributed by atoms with Gasteiger partial charge in [0.2, 0.25) is 11.8 Å². The number of carbonyl (C=O) groups excluding carboxylic acids is 3. The molecule has 1 rings (SSSR count). The average Bonchev–Trinajstić information content (AvgIpc) is 2.34. The Balaban J connectivity index is 2.66. The van der Waals surface area contributed by atoms with Gasteiger partial charge in [-0.2, -0.15) is 5.11 Å². The van der Waals surface area contributed by atoms with Crippen LogP contribution in [0.1, 0.15) is 12.8 Å². The Morgan fingerprint density at radius 3 is 2.83 bits per heavy atom. The zero-order valence-corrected chi connectivity index (χ0v) is 11.4. The zero-order valence-electron chi connectivity index (χ0n) is 9.27. The molecule has 1 heterocycles. The van der Waals surface area contributed by atoms with Crippen LogP contribution in [-0.2, 0) is 14.4 Å². The summed E-state index contributed by atoms with van der Waals surface area (Å²) < 4.78 is 1.65. The summed E-state index contributed by atoms with van der Waals surface area (Å²) >= 11 is 1.96. The molecule has 96 valence electrons. The topological polar surface area (TPSA) is 111 Å². The number of nitrogens with zero attached hydrogens (tertiary/aromatic N) is 1. The van der Waals surface area contributed by atoms with Gasteiger partial charge in [-0.15, -0.1) is 0 Å². The maximum Gasteiger partial charge on any atom is 0.272 e. The van der Waals surface area contributed by atoms with Crippen molar-refractivity contribution >= 4 is 40.3 Å². The van der Waals surface area contributed by atoms with E-state index in [4.69, 9.17) is 5.53 Å². The van der Waals surface area contributed by atoms with E-state index in [2.05, 4.69) is 15.7 Å². The van der Waals surface area contributed by atoms with Crippen molar-refractivity contribution < 1.29 is 14.4 Å². The van der Waals surface area contributed by atoms with Crippen LogP contribution in [0.3, 0.4) is 0 Å². The maximum absolute atomic E-state index is 11.7. The summed E-state index contributed by atoms with van der Waals surface area (Å²) in [6.45, 7) is 0. The molecule has 1 fully saturated rings. The van der Waals surface area contributed by atoms with E-state index in [-0.39, 0.29) is 24.4 Å². The van der Waals surface area contributed by atoms with Gasteiger partial charge in [0.25, 0.3) is 5.91 Å². The van der Waals surface area contributed by atoms with Crippen LogP contribution in [-0.4, -0.2) is 23.8 Å². The maximum atomic E-state index is 11.7. The quantitative estimate of drug-likeness (QED) is 0.226. The molecular formula is C10H11IN4O3. The lowest BCUT2D eigenvalue weighted by Crippen LogP contribution is -2.52. The highest BCUT2D eigenvalue weighted by atomic mass is 127. The first-order valence-corrected chi connectivity index (χ1v) is 6.32. The van der Waals surface area contributed by atoms with Crippen molar-refractivity contribution in [2.75, 3.05) is 0 Å². The number of amides is 3. The molecule has 7 nitrogen and oxygen atoms in total. The number of piperidine rings is 1. The second-order valence-corrected chi connectivity index (χ2v) is 4.18. The predicted octanol–water partition coefficient (Wildman–Crippen LogP) is 0.771. The molecule has 8 heteroatoms. The summed E-state index contributed by atoms with van der Waals surface area (Å²) in [5.74, 6) is -1.50. The van der Waals surface area contributed by atoms with Crippen LogP contribution in [0.25, 0.3) is 0 Å². The number of hydrogen-bond donors (Lipinski definition) is 3. The summed E-state index contributed by atoms with van der Waals surface area (Å²) in [6.07, 6.45) is 3.35. The first-order chi connectivity index (χ1) is 8.58. The van der Waals surface area contributed by atoms with E-state index in [1.807, 2.05) is 22.6 Å². The third-order valence-corrected chi connectivity index (χ3v) is 2.64. The number of hydrogen-bond acceptors (Lipinski definition) is 5.